The third-order valence-corrected chi connectivity index (χ3v) is 13.1. The van der Waals surface area contributed by atoms with Crippen LogP contribution < -0.4 is 29.9 Å². The number of aliphatic hydroxyl groups excluding tert-OH is 1. The molecule has 1 unspecified atom stereocenters. The van der Waals surface area contributed by atoms with E-state index in [1.54, 1.807) is 48.0 Å². The molecule has 0 amide bonds. The summed E-state index contributed by atoms with van der Waals surface area (Å²) in [6.07, 6.45) is -2.71. The van der Waals surface area contributed by atoms with Gasteiger partial charge in [0.15, 0.2) is 23.2 Å². The Morgan fingerprint density at radius 1 is 0.729 bits per heavy atom. The fourth-order valence-corrected chi connectivity index (χ4v) is 9.43. The molecule has 1 saturated carbocycles. The zero-order valence-electron chi connectivity index (χ0n) is 38.2. The molecule has 3 fully saturated rings. The van der Waals surface area contributed by atoms with Crippen molar-refractivity contribution in [3.8, 4) is 23.5 Å². The van der Waals surface area contributed by atoms with Crippen molar-refractivity contribution in [3.05, 3.63) is 94.3 Å². The highest BCUT2D eigenvalue weighted by atomic mass is 35.5. The second-order valence-corrected chi connectivity index (χ2v) is 18.5. The van der Waals surface area contributed by atoms with Crippen molar-refractivity contribution in [2.45, 2.75) is 70.8 Å². The first-order valence-corrected chi connectivity index (χ1v) is 23.4. The van der Waals surface area contributed by atoms with Gasteiger partial charge in [0.25, 0.3) is 0 Å². The van der Waals surface area contributed by atoms with Gasteiger partial charge in [0.2, 0.25) is 0 Å². The maximum atomic E-state index is 15.7. The molecule has 1 atom stereocenters. The Labute approximate surface area is 402 Å². The van der Waals surface area contributed by atoms with E-state index in [9.17, 15) is 18.3 Å². The van der Waals surface area contributed by atoms with Gasteiger partial charge >= 0.3 is 18.2 Å². The van der Waals surface area contributed by atoms with E-state index in [1.165, 1.54) is 11.0 Å². The number of halogens is 5. The van der Waals surface area contributed by atoms with Gasteiger partial charge in [0.05, 0.1) is 24.2 Å². The summed E-state index contributed by atoms with van der Waals surface area (Å²) < 4.78 is 72.6. The maximum absolute atomic E-state index is 15.7. The summed E-state index contributed by atoms with van der Waals surface area (Å²) in [4.78, 5) is 30.2. The van der Waals surface area contributed by atoms with Crippen LogP contribution in [0.15, 0.2) is 60.7 Å². The van der Waals surface area contributed by atoms with E-state index < -0.39 is 30.8 Å². The van der Waals surface area contributed by atoms with Gasteiger partial charge in [0.1, 0.15) is 35.2 Å². The van der Waals surface area contributed by atoms with Crippen LogP contribution in [0.4, 0.5) is 52.5 Å². The number of benzene rings is 2. The van der Waals surface area contributed by atoms with Crippen LogP contribution >= 0.6 is 11.6 Å². The normalized spacial score (nSPS) is 17.2. The molecule has 8 aromatic rings. The Balaban J connectivity index is 0.905. The molecule has 2 aromatic carbocycles. The summed E-state index contributed by atoms with van der Waals surface area (Å²) in [7, 11) is 0. The molecule has 6 aromatic heterocycles. The number of piperazine rings is 1. The van der Waals surface area contributed by atoms with Crippen LogP contribution in [0, 0.1) is 26.6 Å². The molecule has 18 nitrogen and oxygen atoms in total. The lowest BCUT2D eigenvalue weighted by molar-refractivity contribution is -0.156. The molecule has 6 N–H and O–H groups in total. The Bertz CT molecular complexity index is 3230. The van der Waals surface area contributed by atoms with E-state index in [4.69, 9.17) is 31.2 Å². The number of rotatable bonds is 13. The minimum absolute atomic E-state index is 0.000178. The second-order valence-electron chi connectivity index (χ2n) is 18.2. The van der Waals surface area contributed by atoms with Crippen LogP contribution in [0.25, 0.3) is 21.8 Å². The number of aryl methyl sites for hydroxylation is 3. The molecule has 0 bridgehead atoms. The van der Waals surface area contributed by atoms with E-state index in [1.807, 2.05) is 41.8 Å². The van der Waals surface area contributed by atoms with Gasteiger partial charge in [-0.25, -0.2) is 9.07 Å². The zero-order valence-corrected chi connectivity index (χ0v) is 39.0. The molecule has 3 aliphatic rings. The highest BCUT2D eigenvalue weighted by Crippen LogP contribution is 2.41. The lowest BCUT2D eigenvalue weighted by atomic mass is 10.1. The van der Waals surface area contributed by atoms with Crippen molar-refractivity contribution in [3.63, 3.8) is 0 Å². The maximum Gasteiger partial charge on any atom is 0.401 e. The molecule has 23 heteroatoms. The van der Waals surface area contributed by atoms with Gasteiger partial charge in [-0.2, -0.15) is 43.3 Å². The lowest BCUT2D eigenvalue weighted by Crippen LogP contribution is -2.53. The molecule has 0 radical (unpaired) electrons. The SMILES string of the molecule is Cc1cc2c(F)c(Oc3nc(Nc4cc(C)n(C5CN(c6cc(Nc7cc(C8CC8)[nH]n7)nc(Oc7ccc8[nH]c(C)cc8c7Cl)n6)CCN5CC(F)(F)F)n4)cc(N4CCC(O)CC4)n3)ccc2[nH]1. The van der Waals surface area contributed by atoms with E-state index >= 15 is 4.39 Å². The van der Waals surface area contributed by atoms with Crippen LogP contribution in [-0.2, 0) is 0 Å². The molecule has 2 saturated heterocycles. The van der Waals surface area contributed by atoms with Crippen LogP contribution in [-0.4, -0.2) is 111 Å². The second kappa shape index (κ2) is 18.0. The monoisotopic (exact) mass is 981 g/mol. The highest BCUT2D eigenvalue weighted by Gasteiger charge is 2.39. The lowest BCUT2D eigenvalue weighted by Gasteiger charge is -2.42. The topological polar surface area (TPSA) is 202 Å². The molecule has 0 spiro atoms. The summed E-state index contributed by atoms with van der Waals surface area (Å²) in [5.41, 5.74) is 4.71. The van der Waals surface area contributed by atoms with Gasteiger partial charge in [-0.1, -0.05) is 11.6 Å². The van der Waals surface area contributed by atoms with Crippen LogP contribution in [0.3, 0.4) is 0 Å². The standard InChI is InChI=1S/C47H48ClF4N15O3/c1-24-16-29-31(53-24)6-8-34(43(29)48)69-45-57-36(55-38-19-33(61-62-38)27-4-5-27)21-41(60-45)65-14-15-66(23-47(50,51)52)42(22-65)67-26(3)18-39(63-67)56-37-20-40(64-12-10-28(68)11-13-64)59-46(58-37)70-35-9-7-32-30(44(35)49)17-25(2)54-32/h6-9,16-21,27-28,42,53-54,68H,4-5,10-15,22-23H2,1-3H3,(H,56,58,59,63)(H2,55,57,60,61,62). The zero-order chi connectivity index (χ0) is 48.4. The van der Waals surface area contributed by atoms with Crippen LogP contribution in [0.5, 0.6) is 23.5 Å². The van der Waals surface area contributed by atoms with Crippen molar-refractivity contribution >= 4 is 68.3 Å². The molecule has 8 heterocycles. The summed E-state index contributed by atoms with van der Waals surface area (Å²) in [5.74, 6) is 2.32. The minimum Gasteiger partial charge on any atom is -0.423 e. The fourth-order valence-electron chi connectivity index (χ4n) is 9.17. The summed E-state index contributed by atoms with van der Waals surface area (Å²) in [6.45, 7) is 5.53. The number of hydrogen-bond acceptors (Lipinski definition) is 14. The predicted molar refractivity (Wildman–Crippen MR) is 256 cm³/mol. The first kappa shape index (κ1) is 45.3. The number of aromatic nitrogens is 10. The quantitative estimate of drug-likeness (QED) is 0.0596. The summed E-state index contributed by atoms with van der Waals surface area (Å²) >= 11 is 6.85. The Hall–Kier alpha value is -7.17. The molecule has 70 heavy (non-hydrogen) atoms. The van der Waals surface area contributed by atoms with E-state index in [-0.39, 0.29) is 49.0 Å². The summed E-state index contributed by atoms with van der Waals surface area (Å²) in [6, 6.07) is 17.2. The minimum atomic E-state index is -4.51. The van der Waals surface area contributed by atoms with Crippen molar-refractivity contribution in [2.75, 3.05) is 59.7 Å². The summed E-state index contributed by atoms with van der Waals surface area (Å²) in [5, 5.41) is 30.5. The molecule has 364 valence electrons. The first-order valence-electron chi connectivity index (χ1n) is 23.0. The van der Waals surface area contributed by atoms with Gasteiger partial charge in [-0.05, 0) is 82.9 Å². The van der Waals surface area contributed by atoms with Crippen molar-refractivity contribution in [1.82, 2.24) is 54.8 Å². The van der Waals surface area contributed by atoms with Gasteiger partial charge < -0.3 is 45.0 Å². The van der Waals surface area contributed by atoms with Crippen molar-refractivity contribution < 1.29 is 32.1 Å². The molecular formula is C47H48ClF4N15O3. The number of ether oxygens (including phenoxy) is 2. The third kappa shape index (κ3) is 9.57. The first-order chi connectivity index (χ1) is 33.6. The third-order valence-electron chi connectivity index (χ3n) is 12.7. The number of anilines is 6. The van der Waals surface area contributed by atoms with E-state index in [0.717, 1.165) is 40.8 Å². The Morgan fingerprint density at radius 3 is 2.04 bits per heavy atom. The Morgan fingerprint density at radius 2 is 1.36 bits per heavy atom. The molecule has 11 rings (SSSR count). The van der Waals surface area contributed by atoms with E-state index in [0.29, 0.717) is 82.5 Å². The molecule has 1 aliphatic carbocycles. The number of nitrogens with zero attached hydrogens (tertiary/aromatic N) is 10. The molecule has 2 aliphatic heterocycles. The largest absolute Gasteiger partial charge is 0.423 e. The number of aromatic amines is 3. The van der Waals surface area contributed by atoms with Gasteiger partial charge in [-0.3, -0.25) is 10.00 Å². The number of alkyl halides is 3. The van der Waals surface area contributed by atoms with E-state index in [2.05, 4.69) is 45.8 Å². The fraction of sp³-hybridized carbons (Fsp3) is 0.362. The average Bonchev–Trinajstić information content (AvgIpc) is 3.54. The number of aliphatic hydroxyl groups is 1. The predicted octanol–water partition coefficient (Wildman–Crippen LogP) is 9.66. The van der Waals surface area contributed by atoms with Gasteiger partial charge in [-0.15, -0.1) is 0 Å². The number of nitrogens with one attached hydrogen (secondary N) is 5. The average molecular weight is 982 g/mol. The van der Waals surface area contributed by atoms with Crippen molar-refractivity contribution in [2.24, 2.45) is 0 Å². The number of hydrogen-bond donors (Lipinski definition) is 6. The van der Waals surface area contributed by atoms with Gasteiger partial charge in [0, 0.05) is 101 Å². The Kier molecular flexibility index (Phi) is 11.6. The highest BCUT2D eigenvalue weighted by molar-refractivity contribution is 6.37. The number of H-pyrrole nitrogens is 3. The smallest absolute Gasteiger partial charge is 0.401 e. The number of piperidine rings is 1. The molecular weight excluding hydrogens is 934 g/mol. The van der Waals surface area contributed by atoms with Crippen LogP contribution in [0.2, 0.25) is 5.02 Å². The number of fused-ring (bicyclic) bond motifs is 2. The van der Waals surface area contributed by atoms with Crippen molar-refractivity contribution in [1.29, 1.82) is 0 Å². The van der Waals surface area contributed by atoms with Crippen LogP contribution in [0.1, 0.15) is 60.5 Å².